The Labute approximate surface area is 296 Å². The molecule has 3 aliphatic heterocycles. The predicted molar refractivity (Wildman–Crippen MR) is 209 cm³/mol. The smallest absolute Gasteiger partial charge is 0.422 e. The van der Waals surface area contributed by atoms with Gasteiger partial charge in [0.1, 0.15) is 23.0 Å². The van der Waals surface area contributed by atoms with Gasteiger partial charge in [-0.2, -0.15) is 0 Å². The lowest BCUT2D eigenvalue weighted by molar-refractivity contribution is 0.288. The number of imidazole rings is 1. The Morgan fingerprint density at radius 1 is 0.608 bits per heavy atom. The number of nitrogens with zero attached hydrogens (tertiary/aromatic N) is 5. The zero-order valence-electron chi connectivity index (χ0n) is 28.9. The number of fused-ring (bicyclic) bond motifs is 11. The van der Waals surface area contributed by atoms with Crippen molar-refractivity contribution in [2.24, 2.45) is 0 Å². The Bertz CT molecular complexity index is 2770. The average Bonchev–Trinajstić information content (AvgIpc) is 3.76. The van der Waals surface area contributed by atoms with Gasteiger partial charge in [0.05, 0.1) is 16.9 Å². The lowest BCUT2D eigenvalue weighted by atomic mass is 9.60. The van der Waals surface area contributed by atoms with E-state index in [9.17, 15) is 0 Å². The van der Waals surface area contributed by atoms with E-state index in [2.05, 4.69) is 163 Å². The molecule has 51 heavy (non-hydrogen) atoms. The topological polar surface area (TPSA) is 45.9 Å². The monoisotopic (exact) mass is 659 g/mol. The van der Waals surface area contributed by atoms with Crippen LogP contribution >= 0.6 is 0 Å². The van der Waals surface area contributed by atoms with Crippen LogP contribution < -0.4 is 19.8 Å². The van der Waals surface area contributed by atoms with Crippen molar-refractivity contribution in [1.29, 1.82) is 0 Å². The van der Waals surface area contributed by atoms with Gasteiger partial charge in [-0.15, -0.1) is 0 Å². The minimum absolute atomic E-state index is 0.0542. The minimum atomic E-state index is -0.103. The summed E-state index contributed by atoms with van der Waals surface area (Å²) >= 11 is 0. The first-order valence-corrected chi connectivity index (χ1v) is 17.7. The highest BCUT2D eigenvalue weighted by Gasteiger charge is 2.49. The molecule has 0 unspecified atom stereocenters. The fourth-order valence-corrected chi connectivity index (χ4v) is 9.00. The summed E-state index contributed by atoms with van der Waals surface area (Å²) in [7, 11) is 0. The summed E-state index contributed by atoms with van der Waals surface area (Å²) in [6.07, 6.45) is 3.97. The molecule has 3 aromatic heterocycles. The Kier molecular flexibility index (Phi) is 5.52. The van der Waals surface area contributed by atoms with Gasteiger partial charge in [-0.1, -0.05) is 88.4 Å². The number of anilines is 4. The number of aromatic nitrogens is 3. The minimum Gasteiger partial charge on any atom is -0.457 e. The van der Waals surface area contributed by atoms with Crippen LogP contribution in [0, 0.1) is 0 Å². The highest BCUT2D eigenvalue weighted by Crippen LogP contribution is 2.53. The van der Waals surface area contributed by atoms with E-state index in [1.165, 1.54) is 38.6 Å². The van der Waals surface area contributed by atoms with Gasteiger partial charge >= 0.3 is 6.98 Å². The van der Waals surface area contributed by atoms with Crippen LogP contribution in [0.25, 0.3) is 38.4 Å². The molecular formula is C44H34BN5O. The van der Waals surface area contributed by atoms with E-state index >= 15 is 0 Å². The molecule has 0 saturated carbocycles. The maximum atomic E-state index is 6.77. The number of benzene rings is 5. The molecule has 0 amide bonds. The summed E-state index contributed by atoms with van der Waals surface area (Å²) in [6.45, 7) is 9.31. The molecule has 244 valence electrons. The largest absolute Gasteiger partial charge is 0.457 e. The first kappa shape index (κ1) is 28.7. The molecule has 0 aliphatic carbocycles. The second-order valence-electron chi connectivity index (χ2n) is 15.1. The third-order valence-corrected chi connectivity index (χ3v) is 12.2. The lowest BCUT2D eigenvalue weighted by Crippen LogP contribution is -2.55. The molecule has 0 atom stereocenters. The van der Waals surface area contributed by atoms with Crippen molar-refractivity contribution in [3.63, 3.8) is 0 Å². The average molecular weight is 660 g/mol. The molecule has 8 aromatic rings. The molecule has 7 heteroatoms. The van der Waals surface area contributed by atoms with Gasteiger partial charge in [0, 0.05) is 57.0 Å². The van der Waals surface area contributed by atoms with Gasteiger partial charge in [-0.3, -0.25) is 4.40 Å². The van der Waals surface area contributed by atoms with Gasteiger partial charge < -0.3 is 14.4 Å². The summed E-state index contributed by atoms with van der Waals surface area (Å²) in [6, 6.07) is 43.2. The fourth-order valence-electron chi connectivity index (χ4n) is 9.00. The third-order valence-electron chi connectivity index (χ3n) is 12.2. The molecule has 0 spiro atoms. The first-order chi connectivity index (χ1) is 24.8. The zero-order valence-corrected chi connectivity index (χ0v) is 28.9. The molecule has 11 rings (SSSR count). The lowest BCUT2D eigenvalue weighted by Gasteiger charge is -2.45. The number of hydrogen-bond acceptors (Lipinski definition) is 5. The second kappa shape index (κ2) is 9.79. The molecule has 6 heterocycles. The summed E-state index contributed by atoms with van der Waals surface area (Å²) in [5.74, 6) is 2.49. The Morgan fingerprint density at radius 2 is 1.39 bits per heavy atom. The summed E-state index contributed by atoms with van der Waals surface area (Å²) in [5.41, 5.74) is 11.6. The highest BCUT2D eigenvalue weighted by atomic mass is 16.5. The van der Waals surface area contributed by atoms with E-state index in [0.717, 1.165) is 51.0 Å². The van der Waals surface area contributed by atoms with Crippen molar-refractivity contribution < 1.29 is 4.74 Å². The summed E-state index contributed by atoms with van der Waals surface area (Å²) < 4.78 is 9.16. The van der Waals surface area contributed by atoms with Crippen LogP contribution in [0.5, 0.6) is 11.5 Å². The Balaban J connectivity index is 1.07. The fraction of sp³-hybridized carbons (Fsp3) is 0.136. The van der Waals surface area contributed by atoms with Crippen molar-refractivity contribution in [3.05, 3.63) is 145 Å². The Hall–Kier alpha value is -6.08. The van der Waals surface area contributed by atoms with Gasteiger partial charge in [-0.05, 0) is 76.6 Å². The van der Waals surface area contributed by atoms with Crippen molar-refractivity contribution in [1.82, 2.24) is 14.4 Å². The van der Waals surface area contributed by atoms with E-state index in [1.54, 1.807) is 0 Å². The van der Waals surface area contributed by atoms with E-state index in [0.29, 0.717) is 0 Å². The van der Waals surface area contributed by atoms with E-state index in [-0.39, 0.29) is 17.8 Å². The van der Waals surface area contributed by atoms with Crippen LogP contribution in [0.2, 0.25) is 0 Å². The Morgan fingerprint density at radius 3 is 2.27 bits per heavy atom. The van der Waals surface area contributed by atoms with Crippen LogP contribution in [0.1, 0.15) is 39.0 Å². The molecule has 0 N–H and O–H groups in total. The second-order valence-corrected chi connectivity index (χ2v) is 15.1. The number of rotatable bonds is 3. The van der Waals surface area contributed by atoms with Gasteiger partial charge in [0.15, 0.2) is 0 Å². The van der Waals surface area contributed by atoms with Crippen molar-refractivity contribution in [2.45, 2.75) is 38.5 Å². The van der Waals surface area contributed by atoms with Crippen molar-refractivity contribution >= 4 is 62.6 Å². The number of hydrogen-bond donors (Lipinski definition) is 0. The molecule has 0 radical (unpaired) electrons. The third kappa shape index (κ3) is 3.63. The normalized spacial score (nSPS) is 16.0. The van der Waals surface area contributed by atoms with Crippen LogP contribution in [-0.2, 0) is 10.8 Å². The first-order valence-electron chi connectivity index (χ1n) is 17.7. The van der Waals surface area contributed by atoms with Crippen LogP contribution in [0.3, 0.4) is 0 Å². The van der Waals surface area contributed by atoms with Crippen LogP contribution in [0.4, 0.5) is 22.9 Å². The molecule has 0 saturated heterocycles. The molecule has 6 nitrogen and oxygen atoms in total. The van der Waals surface area contributed by atoms with E-state index in [1.807, 2.05) is 12.3 Å². The molecule has 5 aromatic carbocycles. The number of para-hydroxylation sites is 2. The molecule has 0 bridgehead atoms. The van der Waals surface area contributed by atoms with Crippen molar-refractivity contribution in [2.75, 3.05) is 9.62 Å². The van der Waals surface area contributed by atoms with Crippen LogP contribution in [-0.4, -0.2) is 21.4 Å². The maximum absolute atomic E-state index is 6.77. The molecule has 0 fully saturated rings. The van der Waals surface area contributed by atoms with Gasteiger partial charge in [-0.25, -0.2) is 9.97 Å². The van der Waals surface area contributed by atoms with Gasteiger partial charge in [0.25, 0.3) is 0 Å². The maximum Gasteiger partial charge on any atom is 0.422 e. The van der Waals surface area contributed by atoms with Crippen LogP contribution in [0.15, 0.2) is 134 Å². The zero-order chi connectivity index (χ0) is 34.2. The van der Waals surface area contributed by atoms with Gasteiger partial charge in [0.2, 0.25) is 0 Å². The predicted octanol–water partition coefficient (Wildman–Crippen LogP) is 10.1. The molecule has 3 aliphatic rings. The summed E-state index contributed by atoms with van der Waals surface area (Å²) in [4.78, 5) is 14.8. The highest BCUT2D eigenvalue weighted by molar-refractivity contribution is 6.86. The SMILES string of the molecule is CC1(C)c2cccc3c4ccc(Oc5ccc6c(c5)N5B(c7ccccc7-c7cccnc75)N6c5ccccc5)cc4c4ncc(n4c23)C1(C)C. The van der Waals surface area contributed by atoms with E-state index < -0.39 is 0 Å². The molecular weight excluding hydrogens is 625 g/mol. The number of ether oxygens (including phenoxy) is 1. The number of pyridine rings is 2. The standard InChI is InChI=1S/C44H34BN5O/c1-43(2)35-17-10-15-32-30-21-19-28(24-34(30)41-47-26-39(44(43,3)4)48(41)40(32)35)51-29-20-22-37-38(25-29)50-42-33(16-11-23-46-42)31-14-8-9-18-36(31)45(50)49(37)27-12-6-5-7-13-27/h5-26H,1-4H3. The van der Waals surface area contributed by atoms with Crippen molar-refractivity contribution in [3.8, 4) is 22.6 Å². The quantitative estimate of drug-likeness (QED) is 0.140. The summed E-state index contributed by atoms with van der Waals surface area (Å²) in [5, 5.41) is 3.51. The van der Waals surface area contributed by atoms with E-state index in [4.69, 9.17) is 14.7 Å².